The predicted molar refractivity (Wildman–Crippen MR) is 92.8 cm³/mol. The van der Waals surface area contributed by atoms with Gasteiger partial charge in [-0.15, -0.1) is 0 Å². The van der Waals surface area contributed by atoms with Gasteiger partial charge < -0.3 is 13.9 Å². The molecule has 26 heavy (non-hydrogen) atoms. The van der Waals surface area contributed by atoms with Crippen molar-refractivity contribution in [3.63, 3.8) is 0 Å². The minimum atomic E-state index is -0.543. The van der Waals surface area contributed by atoms with E-state index in [9.17, 15) is 9.59 Å². The molecule has 3 aromatic rings. The first-order chi connectivity index (χ1) is 12.5. The van der Waals surface area contributed by atoms with Gasteiger partial charge in [-0.25, -0.2) is 19.6 Å². The normalized spacial score (nSPS) is 10.7. The Kier molecular flexibility index (Phi) is 4.97. The molecule has 7 nitrogen and oxygen atoms in total. The van der Waals surface area contributed by atoms with Gasteiger partial charge in [-0.05, 0) is 45.0 Å². The number of carbonyl (C=O) groups excluding carboxylic acids is 2. The fourth-order valence-corrected chi connectivity index (χ4v) is 2.42. The van der Waals surface area contributed by atoms with Crippen LogP contribution in [0.4, 0.5) is 0 Å². The van der Waals surface area contributed by atoms with E-state index in [4.69, 9.17) is 13.9 Å². The van der Waals surface area contributed by atoms with Crippen LogP contribution in [0.5, 0.6) is 0 Å². The Balaban J connectivity index is 1.75. The van der Waals surface area contributed by atoms with E-state index in [1.54, 1.807) is 25.1 Å². The molecule has 0 spiro atoms. The lowest BCUT2D eigenvalue weighted by atomic mass is 10.2. The van der Waals surface area contributed by atoms with Gasteiger partial charge in [0.05, 0.1) is 40.9 Å². The summed E-state index contributed by atoms with van der Waals surface area (Å²) in [6.45, 7) is 5.54. The Morgan fingerprint density at radius 1 is 1.00 bits per heavy atom. The quantitative estimate of drug-likeness (QED) is 0.649. The Morgan fingerprint density at radius 3 is 2.46 bits per heavy atom. The number of furan rings is 1. The van der Waals surface area contributed by atoms with Crippen LogP contribution in [0.25, 0.3) is 11.0 Å². The van der Waals surface area contributed by atoms with E-state index < -0.39 is 11.9 Å². The third-order valence-electron chi connectivity index (χ3n) is 3.89. The van der Waals surface area contributed by atoms with E-state index in [0.29, 0.717) is 16.6 Å². The molecule has 3 rings (SSSR count). The van der Waals surface area contributed by atoms with Crippen molar-refractivity contribution in [2.75, 3.05) is 6.61 Å². The first kappa shape index (κ1) is 17.6. The minimum Gasteiger partial charge on any atom is -0.465 e. The molecule has 0 fully saturated rings. The van der Waals surface area contributed by atoms with Crippen molar-refractivity contribution in [1.29, 1.82) is 0 Å². The van der Waals surface area contributed by atoms with Crippen molar-refractivity contribution in [1.82, 2.24) is 9.97 Å². The Hall–Kier alpha value is -3.22. The lowest BCUT2D eigenvalue weighted by Gasteiger charge is -2.07. The second-order valence-electron chi connectivity index (χ2n) is 5.65. The number of esters is 2. The fourth-order valence-electron chi connectivity index (χ4n) is 2.42. The van der Waals surface area contributed by atoms with Gasteiger partial charge in [0, 0.05) is 0 Å². The minimum absolute atomic E-state index is 0.170. The predicted octanol–water partition coefficient (Wildman–Crippen LogP) is 3.37. The van der Waals surface area contributed by atoms with Crippen molar-refractivity contribution in [2.24, 2.45) is 0 Å². The van der Waals surface area contributed by atoms with Crippen LogP contribution in [0.1, 0.15) is 44.8 Å². The molecule has 0 radical (unpaired) electrons. The van der Waals surface area contributed by atoms with E-state index in [1.807, 2.05) is 13.8 Å². The first-order valence-electron chi connectivity index (χ1n) is 8.15. The maximum absolute atomic E-state index is 12.3. The van der Waals surface area contributed by atoms with E-state index in [-0.39, 0.29) is 24.5 Å². The molecule has 7 heteroatoms. The van der Waals surface area contributed by atoms with Gasteiger partial charge in [0.25, 0.3) is 0 Å². The smallest absolute Gasteiger partial charge is 0.341 e. The summed E-state index contributed by atoms with van der Waals surface area (Å²) in [4.78, 5) is 33.0. The van der Waals surface area contributed by atoms with Crippen molar-refractivity contribution in [3.8, 4) is 0 Å². The number of rotatable bonds is 5. The number of benzene rings is 1. The highest BCUT2D eigenvalue weighted by Gasteiger charge is 2.18. The molecule has 2 heterocycles. The van der Waals surface area contributed by atoms with E-state index >= 15 is 0 Å². The van der Waals surface area contributed by atoms with Crippen molar-refractivity contribution in [2.45, 2.75) is 27.4 Å². The fraction of sp³-hybridized carbons (Fsp3) is 0.263. The molecule has 0 saturated heterocycles. The first-order valence-corrected chi connectivity index (χ1v) is 8.15. The molecule has 0 unspecified atom stereocenters. The lowest BCUT2D eigenvalue weighted by molar-refractivity contribution is 0.0423. The standard InChI is InChI=1S/C19H18N2O5/c1-4-24-19(23)14-7-8-25-17(14)10-26-18(22)13-5-6-15-16(9-13)21-12(3)11(2)20-15/h5-9H,4,10H2,1-3H3. The van der Waals surface area contributed by atoms with Crippen molar-refractivity contribution < 1.29 is 23.5 Å². The molecule has 0 amide bonds. The molecule has 0 atom stereocenters. The van der Waals surface area contributed by atoms with Crippen LogP contribution >= 0.6 is 0 Å². The summed E-state index contributed by atoms with van der Waals surface area (Å²) in [6, 6.07) is 6.47. The molecule has 0 aliphatic carbocycles. The number of aromatic nitrogens is 2. The van der Waals surface area contributed by atoms with Crippen molar-refractivity contribution in [3.05, 3.63) is 58.8 Å². The number of hydrogen-bond donors (Lipinski definition) is 0. The summed E-state index contributed by atoms with van der Waals surface area (Å²) in [5, 5.41) is 0. The zero-order chi connectivity index (χ0) is 18.7. The second kappa shape index (κ2) is 7.35. The summed E-state index contributed by atoms with van der Waals surface area (Å²) in [7, 11) is 0. The van der Waals surface area contributed by atoms with Crippen LogP contribution in [-0.2, 0) is 16.1 Å². The number of fused-ring (bicyclic) bond motifs is 1. The third-order valence-corrected chi connectivity index (χ3v) is 3.89. The summed E-state index contributed by atoms with van der Waals surface area (Å²) < 4.78 is 15.4. The molecule has 0 aliphatic rings. The monoisotopic (exact) mass is 354 g/mol. The van der Waals surface area contributed by atoms with E-state index in [0.717, 1.165) is 11.4 Å². The van der Waals surface area contributed by atoms with Gasteiger partial charge in [0.2, 0.25) is 0 Å². The number of carbonyl (C=O) groups is 2. The molecular weight excluding hydrogens is 336 g/mol. The van der Waals surface area contributed by atoms with Crippen LogP contribution < -0.4 is 0 Å². The van der Waals surface area contributed by atoms with Gasteiger partial charge in [-0.2, -0.15) is 0 Å². The largest absolute Gasteiger partial charge is 0.465 e. The molecule has 0 aliphatic heterocycles. The lowest BCUT2D eigenvalue weighted by Crippen LogP contribution is -2.09. The van der Waals surface area contributed by atoms with E-state index in [1.165, 1.54) is 12.3 Å². The summed E-state index contributed by atoms with van der Waals surface area (Å²) >= 11 is 0. The van der Waals surface area contributed by atoms with Gasteiger partial charge in [0.1, 0.15) is 5.56 Å². The molecule has 0 saturated carbocycles. The van der Waals surface area contributed by atoms with Gasteiger partial charge in [-0.1, -0.05) is 0 Å². The topological polar surface area (TPSA) is 91.5 Å². The Morgan fingerprint density at radius 2 is 1.73 bits per heavy atom. The van der Waals surface area contributed by atoms with Gasteiger partial charge >= 0.3 is 11.9 Å². The number of aryl methyl sites for hydroxylation is 2. The maximum Gasteiger partial charge on any atom is 0.341 e. The molecule has 0 N–H and O–H groups in total. The third kappa shape index (κ3) is 3.56. The number of nitrogens with zero attached hydrogens (tertiary/aromatic N) is 2. The van der Waals surface area contributed by atoms with Crippen molar-refractivity contribution >= 4 is 23.0 Å². The highest BCUT2D eigenvalue weighted by Crippen LogP contribution is 2.17. The average Bonchev–Trinajstić information content (AvgIpc) is 3.09. The van der Waals surface area contributed by atoms with Crippen LogP contribution in [-0.4, -0.2) is 28.5 Å². The SMILES string of the molecule is CCOC(=O)c1ccoc1COC(=O)c1ccc2nc(C)c(C)nc2c1. The number of ether oxygens (including phenoxy) is 2. The number of hydrogen-bond acceptors (Lipinski definition) is 7. The molecule has 134 valence electrons. The maximum atomic E-state index is 12.3. The van der Waals surface area contributed by atoms with Gasteiger partial charge in [-0.3, -0.25) is 0 Å². The highest BCUT2D eigenvalue weighted by molar-refractivity contribution is 5.94. The Bertz CT molecular complexity index is 977. The zero-order valence-electron chi connectivity index (χ0n) is 14.7. The van der Waals surface area contributed by atoms with Gasteiger partial charge in [0.15, 0.2) is 12.4 Å². The molecule has 1 aromatic carbocycles. The van der Waals surface area contributed by atoms with Crippen LogP contribution in [0.3, 0.4) is 0 Å². The second-order valence-corrected chi connectivity index (χ2v) is 5.65. The molecule has 0 bridgehead atoms. The van der Waals surface area contributed by atoms with Crippen LogP contribution in [0.15, 0.2) is 34.9 Å². The van der Waals surface area contributed by atoms with E-state index in [2.05, 4.69) is 9.97 Å². The average molecular weight is 354 g/mol. The summed E-state index contributed by atoms with van der Waals surface area (Å²) in [5.74, 6) is -0.818. The molecular formula is C19H18N2O5. The highest BCUT2D eigenvalue weighted by atomic mass is 16.5. The summed E-state index contributed by atoms with van der Waals surface area (Å²) in [5.41, 5.74) is 3.57. The summed E-state index contributed by atoms with van der Waals surface area (Å²) in [6.07, 6.45) is 1.35. The Labute approximate surface area is 150 Å². The van der Waals surface area contributed by atoms with Crippen LogP contribution in [0.2, 0.25) is 0 Å². The zero-order valence-corrected chi connectivity index (χ0v) is 14.7. The van der Waals surface area contributed by atoms with Crippen LogP contribution in [0, 0.1) is 13.8 Å². The molecule has 2 aromatic heterocycles.